The Labute approximate surface area is 108 Å². The van der Waals surface area contributed by atoms with Gasteiger partial charge in [-0.2, -0.15) is 0 Å². The van der Waals surface area contributed by atoms with E-state index >= 15 is 0 Å². The van der Waals surface area contributed by atoms with Crippen molar-refractivity contribution in [1.82, 2.24) is 0 Å². The Balaban J connectivity index is 2.26. The summed E-state index contributed by atoms with van der Waals surface area (Å²) in [4.78, 5) is 0. The first-order valence-electron chi connectivity index (χ1n) is 6.29. The van der Waals surface area contributed by atoms with Crippen LogP contribution in [0.15, 0.2) is 48.5 Å². The van der Waals surface area contributed by atoms with Crippen LogP contribution in [0.2, 0.25) is 0 Å². The molecule has 0 atom stereocenters. The molecule has 18 heavy (non-hydrogen) atoms. The Morgan fingerprint density at radius 1 is 0.889 bits per heavy atom. The van der Waals surface area contributed by atoms with E-state index in [9.17, 15) is 5.11 Å². The van der Waals surface area contributed by atoms with Crippen LogP contribution in [0.3, 0.4) is 0 Å². The van der Waals surface area contributed by atoms with Gasteiger partial charge in [0.15, 0.2) is 0 Å². The Morgan fingerprint density at radius 3 is 2.33 bits per heavy atom. The van der Waals surface area contributed by atoms with E-state index in [0.29, 0.717) is 6.54 Å². The van der Waals surface area contributed by atoms with E-state index in [1.807, 2.05) is 30.3 Å². The van der Waals surface area contributed by atoms with Crippen molar-refractivity contribution in [3.63, 3.8) is 0 Å². The highest BCUT2D eigenvalue weighted by Crippen LogP contribution is 2.17. The van der Waals surface area contributed by atoms with Crippen molar-refractivity contribution in [2.45, 2.75) is 19.4 Å². The third-order valence-electron chi connectivity index (χ3n) is 3.11. The van der Waals surface area contributed by atoms with Crippen molar-refractivity contribution in [2.24, 2.45) is 5.73 Å². The molecular formula is C16H19NO. The zero-order chi connectivity index (χ0) is 12.8. The molecule has 2 heteroatoms. The van der Waals surface area contributed by atoms with Crippen molar-refractivity contribution in [2.75, 3.05) is 6.54 Å². The van der Waals surface area contributed by atoms with Crippen molar-refractivity contribution in [3.8, 4) is 0 Å². The van der Waals surface area contributed by atoms with Crippen LogP contribution in [0.1, 0.15) is 22.3 Å². The van der Waals surface area contributed by atoms with E-state index in [4.69, 9.17) is 5.73 Å². The molecule has 0 bridgehead atoms. The third kappa shape index (κ3) is 3.19. The quantitative estimate of drug-likeness (QED) is 0.843. The molecule has 0 aromatic heterocycles. The Kier molecular flexibility index (Phi) is 4.51. The highest BCUT2D eigenvalue weighted by atomic mass is 16.3. The molecule has 0 aliphatic heterocycles. The summed E-state index contributed by atoms with van der Waals surface area (Å²) >= 11 is 0. The molecule has 0 saturated carbocycles. The molecule has 0 heterocycles. The number of aliphatic hydroxyl groups is 1. The van der Waals surface area contributed by atoms with Crippen LogP contribution in [-0.2, 0) is 19.4 Å². The van der Waals surface area contributed by atoms with Crippen molar-refractivity contribution >= 4 is 0 Å². The van der Waals surface area contributed by atoms with Gasteiger partial charge in [0.05, 0.1) is 6.61 Å². The molecule has 0 aliphatic carbocycles. The Bertz CT molecular complexity index is 494. The minimum absolute atomic E-state index is 0.0884. The minimum Gasteiger partial charge on any atom is -0.392 e. The molecule has 0 spiro atoms. The number of hydrogen-bond donors (Lipinski definition) is 2. The van der Waals surface area contributed by atoms with Crippen LogP contribution in [-0.4, -0.2) is 11.7 Å². The van der Waals surface area contributed by atoms with Crippen molar-refractivity contribution in [1.29, 1.82) is 0 Å². The number of aliphatic hydroxyl groups excluding tert-OH is 1. The summed E-state index contributed by atoms with van der Waals surface area (Å²) in [7, 11) is 0. The van der Waals surface area contributed by atoms with Crippen molar-refractivity contribution < 1.29 is 5.11 Å². The smallest absolute Gasteiger partial charge is 0.0684 e. The molecule has 0 unspecified atom stereocenters. The lowest BCUT2D eigenvalue weighted by Crippen LogP contribution is -2.04. The second kappa shape index (κ2) is 6.34. The second-order valence-electron chi connectivity index (χ2n) is 4.46. The highest BCUT2D eigenvalue weighted by molar-refractivity contribution is 5.36. The first-order chi connectivity index (χ1) is 8.83. The summed E-state index contributed by atoms with van der Waals surface area (Å²) in [6.07, 6.45) is 1.74. The van der Waals surface area contributed by atoms with Gasteiger partial charge in [-0.3, -0.25) is 0 Å². The van der Waals surface area contributed by atoms with E-state index in [-0.39, 0.29) is 6.61 Å². The number of nitrogens with two attached hydrogens (primary N) is 1. The fraction of sp³-hybridized carbons (Fsp3) is 0.250. The molecule has 2 aromatic rings. The molecule has 0 saturated heterocycles. The lowest BCUT2D eigenvalue weighted by molar-refractivity contribution is 0.281. The van der Waals surface area contributed by atoms with Crippen LogP contribution >= 0.6 is 0 Å². The minimum atomic E-state index is 0.0884. The van der Waals surface area contributed by atoms with Gasteiger partial charge in [-0.25, -0.2) is 0 Å². The van der Waals surface area contributed by atoms with Gasteiger partial charge < -0.3 is 10.8 Å². The monoisotopic (exact) mass is 241 g/mol. The van der Waals surface area contributed by atoms with Gasteiger partial charge in [0.1, 0.15) is 0 Å². The average molecular weight is 241 g/mol. The topological polar surface area (TPSA) is 46.2 Å². The van der Waals surface area contributed by atoms with Gasteiger partial charge in [-0.15, -0.1) is 0 Å². The highest BCUT2D eigenvalue weighted by Gasteiger charge is 2.04. The van der Waals surface area contributed by atoms with Gasteiger partial charge >= 0.3 is 0 Å². The van der Waals surface area contributed by atoms with E-state index < -0.39 is 0 Å². The molecule has 0 fully saturated rings. The van der Waals surface area contributed by atoms with Crippen LogP contribution < -0.4 is 5.73 Å². The fourth-order valence-corrected chi connectivity index (χ4v) is 2.14. The summed E-state index contributed by atoms with van der Waals surface area (Å²) in [5.74, 6) is 0. The second-order valence-corrected chi connectivity index (χ2v) is 4.46. The fourth-order valence-electron chi connectivity index (χ4n) is 2.14. The zero-order valence-corrected chi connectivity index (χ0v) is 10.5. The normalized spacial score (nSPS) is 10.6. The molecule has 94 valence electrons. The summed E-state index contributed by atoms with van der Waals surface area (Å²) in [6, 6.07) is 16.5. The SMILES string of the molecule is NCCc1ccc(CO)c(Cc2ccccc2)c1. The molecule has 0 radical (unpaired) electrons. The predicted molar refractivity (Wildman–Crippen MR) is 74.4 cm³/mol. The van der Waals surface area contributed by atoms with Gasteiger partial charge in [-0.05, 0) is 41.6 Å². The molecular weight excluding hydrogens is 222 g/mol. The first-order valence-corrected chi connectivity index (χ1v) is 6.29. The van der Waals surface area contributed by atoms with E-state index in [1.54, 1.807) is 0 Å². The average Bonchev–Trinajstić information content (AvgIpc) is 2.41. The first kappa shape index (κ1) is 12.8. The summed E-state index contributed by atoms with van der Waals surface area (Å²) in [5.41, 5.74) is 10.3. The number of rotatable bonds is 5. The Hall–Kier alpha value is -1.64. The maximum atomic E-state index is 9.39. The lowest BCUT2D eigenvalue weighted by Gasteiger charge is -2.10. The number of hydrogen-bond acceptors (Lipinski definition) is 2. The summed E-state index contributed by atoms with van der Waals surface area (Å²) < 4.78 is 0. The molecule has 2 nitrogen and oxygen atoms in total. The maximum Gasteiger partial charge on any atom is 0.0684 e. The van der Waals surface area contributed by atoms with Crippen LogP contribution in [0, 0.1) is 0 Å². The van der Waals surface area contributed by atoms with Gasteiger partial charge in [0.2, 0.25) is 0 Å². The van der Waals surface area contributed by atoms with Gasteiger partial charge in [0.25, 0.3) is 0 Å². The van der Waals surface area contributed by atoms with Crippen LogP contribution in [0.25, 0.3) is 0 Å². The molecule has 0 aliphatic rings. The van der Waals surface area contributed by atoms with Crippen molar-refractivity contribution in [3.05, 3.63) is 70.8 Å². The maximum absolute atomic E-state index is 9.39. The largest absolute Gasteiger partial charge is 0.392 e. The standard InChI is InChI=1S/C16H19NO/c17-9-8-14-6-7-15(12-18)16(11-14)10-13-4-2-1-3-5-13/h1-7,11,18H,8-10,12,17H2. The molecule has 2 aromatic carbocycles. The number of benzene rings is 2. The van der Waals surface area contributed by atoms with Crippen LogP contribution in [0.5, 0.6) is 0 Å². The van der Waals surface area contributed by atoms with E-state index in [0.717, 1.165) is 18.4 Å². The van der Waals surface area contributed by atoms with Gasteiger partial charge in [0, 0.05) is 0 Å². The summed E-state index contributed by atoms with van der Waals surface area (Å²) in [5, 5.41) is 9.39. The Morgan fingerprint density at radius 2 is 1.67 bits per heavy atom. The lowest BCUT2D eigenvalue weighted by atomic mass is 9.97. The van der Waals surface area contributed by atoms with Gasteiger partial charge in [-0.1, -0.05) is 48.5 Å². The molecule has 3 N–H and O–H groups in total. The van der Waals surface area contributed by atoms with Crippen LogP contribution in [0.4, 0.5) is 0 Å². The zero-order valence-electron chi connectivity index (χ0n) is 10.5. The molecule has 0 amide bonds. The van der Waals surface area contributed by atoms with E-state index in [2.05, 4.69) is 18.2 Å². The summed E-state index contributed by atoms with van der Waals surface area (Å²) in [6.45, 7) is 0.744. The van der Waals surface area contributed by atoms with E-state index in [1.165, 1.54) is 16.7 Å². The predicted octanol–water partition coefficient (Wildman–Crippen LogP) is 2.27. The molecule has 2 rings (SSSR count). The third-order valence-corrected chi connectivity index (χ3v) is 3.11.